The quantitative estimate of drug-likeness (QED) is 0.728. The van der Waals surface area contributed by atoms with Crippen LogP contribution in [0.4, 0.5) is 0 Å². The maximum absolute atomic E-state index is 12.6. The SMILES string of the molecule is CCc1ccc(C(=O)N[C@H](Cc2ncc[nH]2)c2ccccc2)cc1. The number of hydrogen-bond acceptors (Lipinski definition) is 2. The van der Waals surface area contributed by atoms with Crippen LogP contribution in [0.5, 0.6) is 0 Å². The number of carbonyl (C=O) groups is 1. The number of rotatable bonds is 6. The van der Waals surface area contributed by atoms with E-state index in [1.807, 2.05) is 54.6 Å². The van der Waals surface area contributed by atoms with Gasteiger partial charge in [-0.15, -0.1) is 0 Å². The van der Waals surface area contributed by atoms with Crippen LogP contribution in [0.2, 0.25) is 0 Å². The van der Waals surface area contributed by atoms with Crippen LogP contribution >= 0.6 is 0 Å². The molecular weight excluding hydrogens is 298 g/mol. The highest BCUT2D eigenvalue weighted by atomic mass is 16.1. The fourth-order valence-corrected chi connectivity index (χ4v) is 2.67. The standard InChI is InChI=1S/C20H21N3O/c1-2-15-8-10-17(11-9-15)20(24)23-18(14-19-21-12-13-22-19)16-6-4-3-5-7-16/h3-13,18H,2,14H2,1H3,(H,21,22)(H,23,24)/t18-/m1/s1. The molecule has 3 aromatic rings. The Morgan fingerprint density at radius 1 is 1.12 bits per heavy atom. The van der Waals surface area contributed by atoms with Gasteiger partial charge in [0.15, 0.2) is 0 Å². The van der Waals surface area contributed by atoms with Gasteiger partial charge < -0.3 is 10.3 Å². The lowest BCUT2D eigenvalue weighted by molar-refractivity contribution is 0.0936. The monoisotopic (exact) mass is 319 g/mol. The van der Waals surface area contributed by atoms with E-state index >= 15 is 0 Å². The van der Waals surface area contributed by atoms with Gasteiger partial charge in [0.05, 0.1) is 6.04 Å². The highest BCUT2D eigenvalue weighted by molar-refractivity contribution is 5.94. The first kappa shape index (κ1) is 16.0. The molecule has 0 aliphatic carbocycles. The van der Waals surface area contributed by atoms with Crippen molar-refractivity contribution in [3.63, 3.8) is 0 Å². The first-order valence-corrected chi connectivity index (χ1v) is 8.19. The summed E-state index contributed by atoms with van der Waals surface area (Å²) in [5, 5.41) is 3.13. The van der Waals surface area contributed by atoms with Crippen molar-refractivity contribution in [3.05, 3.63) is 89.5 Å². The van der Waals surface area contributed by atoms with E-state index in [-0.39, 0.29) is 11.9 Å². The number of carbonyl (C=O) groups excluding carboxylic acids is 1. The first-order chi connectivity index (χ1) is 11.8. The smallest absolute Gasteiger partial charge is 0.251 e. The molecule has 0 aliphatic rings. The summed E-state index contributed by atoms with van der Waals surface area (Å²) in [7, 11) is 0. The van der Waals surface area contributed by atoms with Gasteiger partial charge in [0.2, 0.25) is 0 Å². The zero-order valence-electron chi connectivity index (χ0n) is 13.7. The molecule has 24 heavy (non-hydrogen) atoms. The Balaban J connectivity index is 1.78. The summed E-state index contributed by atoms with van der Waals surface area (Å²) < 4.78 is 0. The number of aromatic nitrogens is 2. The van der Waals surface area contributed by atoms with E-state index in [0.717, 1.165) is 17.8 Å². The summed E-state index contributed by atoms with van der Waals surface area (Å²) in [5.41, 5.74) is 2.96. The molecule has 0 unspecified atom stereocenters. The van der Waals surface area contributed by atoms with Crippen LogP contribution in [0.15, 0.2) is 67.0 Å². The van der Waals surface area contributed by atoms with Gasteiger partial charge in [-0.05, 0) is 29.7 Å². The summed E-state index contributed by atoms with van der Waals surface area (Å²) in [5.74, 6) is 0.781. The fraction of sp³-hybridized carbons (Fsp3) is 0.200. The number of aryl methyl sites for hydroxylation is 1. The van der Waals surface area contributed by atoms with Crippen molar-refractivity contribution in [2.45, 2.75) is 25.8 Å². The lowest BCUT2D eigenvalue weighted by Gasteiger charge is -2.18. The van der Waals surface area contributed by atoms with E-state index < -0.39 is 0 Å². The Morgan fingerprint density at radius 3 is 2.50 bits per heavy atom. The van der Waals surface area contributed by atoms with Crippen LogP contribution in [-0.2, 0) is 12.8 Å². The molecule has 0 fully saturated rings. The molecule has 1 atom stereocenters. The zero-order chi connectivity index (χ0) is 16.8. The van der Waals surface area contributed by atoms with Crippen molar-refractivity contribution in [3.8, 4) is 0 Å². The number of aromatic amines is 1. The number of amides is 1. The Bertz CT molecular complexity index is 764. The molecule has 0 bridgehead atoms. The molecular formula is C20H21N3O. The van der Waals surface area contributed by atoms with Crippen LogP contribution in [0.3, 0.4) is 0 Å². The average molecular weight is 319 g/mol. The van der Waals surface area contributed by atoms with Crippen LogP contribution in [0.1, 0.15) is 40.3 Å². The Labute approximate surface area is 142 Å². The van der Waals surface area contributed by atoms with Gasteiger partial charge >= 0.3 is 0 Å². The molecule has 4 nitrogen and oxygen atoms in total. The normalized spacial score (nSPS) is 11.9. The number of nitrogens with zero attached hydrogens (tertiary/aromatic N) is 1. The topological polar surface area (TPSA) is 57.8 Å². The summed E-state index contributed by atoms with van der Waals surface area (Å²) in [6, 6.07) is 17.6. The van der Waals surface area contributed by atoms with E-state index in [2.05, 4.69) is 22.2 Å². The summed E-state index contributed by atoms with van der Waals surface area (Å²) in [4.78, 5) is 20.0. The summed E-state index contributed by atoms with van der Waals surface area (Å²) in [6.07, 6.45) is 5.11. The molecule has 0 radical (unpaired) electrons. The minimum Gasteiger partial charge on any atom is -0.349 e. The van der Waals surface area contributed by atoms with Crippen molar-refractivity contribution < 1.29 is 4.79 Å². The Kier molecular flexibility index (Phi) is 5.06. The first-order valence-electron chi connectivity index (χ1n) is 8.19. The molecule has 0 saturated heterocycles. The maximum atomic E-state index is 12.6. The number of H-pyrrole nitrogens is 1. The van der Waals surface area contributed by atoms with Gasteiger partial charge in [-0.2, -0.15) is 0 Å². The van der Waals surface area contributed by atoms with Crippen molar-refractivity contribution in [1.82, 2.24) is 15.3 Å². The van der Waals surface area contributed by atoms with Gasteiger partial charge in [0.25, 0.3) is 5.91 Å². The molecule has 3 rings (SSSR count). The van der Waals surface area contributed by atoms with E-state index in [0.29, 0.717) is 12.0 Å². The molecule has 1 amide bonds. The maximum Gasteiger partial charge on any atom is 0.251 e. The van der Waals surface area contributed by atoms with Crippen LogP contribution < -0.4 is 5.32 Å². The minimum atomic E-state index is -0.129. The lowest BCUT2D eigenvalue weighted by Crippen LogP contribution is -2.30. The Morgan fingerprint density at radius 2 is 1.88 bits per heavy atom. The van der Waals surface area contributed by atoms with Gasteiger partial charge in [0.1, 0.15) is 5.82 Å². The Hall–Kier alpha value is -2.88. The second-order valence-corrected chi connectivity index (χ2v) is 5.73. The van der Waals surface area contributed by atoms with Gasteiger partial charge in [0, 0.05) is 24.4 Å². The van der Waals surface area contributed by atoms with Gasteiger partial charge in [-0.1, -0.05) is 49.4 Å². The van der Waals surface area contributed by atoms with E-state index in [9.17, 15) is 4.79 Å². The van der Waals surface area contributed by atoms with E-state index in [1.54, 1.807) is 12.4 Å². The van der Waals surface area contributed by atoms with Gasteiger partial charge in [-0.3, -0.25) is 4.79 Å². The van der Waals surface area contributed by atoms with E-state index in [1.165, 1.54) is 5.56 Å². The highest BCUT2D eigenvalue weighted by Crippen LogP contribution is 2.17. The van der Waals surface area contributed by atoms with Crippen molar-refractivity contribution in [2.75, 3.05) is 0 Å². The molecule has 0 saturated carbocycles. The van der Waals surface area contributed by atoms with Crippen LogP contribution in [-0.4, -0.2) is 15.9 Å². The number of hydrogen-bond donors (Lipinski definition) is 2. The van der Waals surface area contributed by atoms with Crippen molar-refractivity contribution >= 4 is 5.91 Å². The lowest BCUT2D eigenvalue weighted by atomic mass is 10.0. The van der Waals surface area contributed by atoms with Crippen LogP contribution in [0, 0.1) is 0 Å². The minimum absolute atomic E-state index is 0.0712. The average Bonchev–Trinajstić information content (AvgIpc) is 3.15. The molecule has 122 valence electrons. The van der Waals surface area contributed by atoms with Crippen molar-refractivity contribution in [2.24, 2.45) is 0 Å². The second-order valence-electron chi connectivity index (χ2n) is 5.73. The predicted octanol–water partition coefficient (Wildman–Crippen LogP) is 3.69. The molecule has 2 aromatic carbocycles. The van der Waals surface area contributed by atoms with E-state index in [4.69, 9.17) is 0 Å². The molecule has 0 aliphatic heterocycles. The largest absolute Gasteiger partial charge is 0.349 e. The van der Waals surface area contributed by atoms with Crippen LogP contribution in [0.25, 0.3) is 0 Å². The molecule has 1 aromatic heterocycles. The molecule has 4 heteroatoms. The summed E-state index contributed by atoms with van der Waals surface area (Å²) >= 11 is 0. The molecule has 2 N–H and O–H groups in total. The zero-order valence-corrected chi connectivity index (χ0v) is 13.7. The number of nitrogens with one attached hydrogen (secondary N) is 2. The van der Waals surface area contributed by atoms with Crippen molar-refractivity contribution in [1.29, 1.82) is 0 Å². The third kappa shape index (κ3) is 3.90. The molecule has 1 heterocycles. The predicted molar refractivity (Wildman–Crippen MR) is 94.8 cm³/mol. The third-order valence-corrected chi connectivity index (χ3v) is 4.08. The number of imidazole rings is 1. The highest BCUT2D eigenvalue weighted by Gasteiger charge is 2.17. The summed E-state index contributed by atoms with van der Waals surface area (Å²) in [6.45, 7) is 2.10. The molecule has 0 spiro atoms. The third-order valence-electron chi connectivity index (χ3n) is 4.08. The van der Waals surface area contributed by atoms with Gasteiger partial charge in [-0.25, -0.2) is 4.98 Å². The number of benzene rings is 2. The fourth-order valence-electron chi connectivity index (χ4n) is 2.67. The second kappa shape index (κ2) is 7.59.